The maximum absolute atomic E-state index is 5.41. The quantitative estimate of drug-likeness (QED) is 0.696. The van der Waals surface area contributed by atoms with Gasteiger partial charge in [0.1, 0.15) is 5.69 Å². The number of methoxy groups -OCH3 is 1. The van der Waals surface area contributed by atoms with Crippen LogP contribution < -0.4 is 4.74 Å². The highest BCUT2D eigenvalue weighted by Crippen LogP contribution is 2.54. The average molecular weight is 373 g/mol. The van der Waals surface area contributed by atoms with Crippen LogP contribution in [-0.4, -0.2) is 27.4 Å². The van der Waals surface area contributed by atoms with Crippen molar-refractivity contribution in [3.8, 4) is 17.4 Å². The fourth-order valence-corrected chi connectivity index (χ4v) is 2.85. The SMILES string of the molecule is COc1ccc(-c2noc([C@@H]3C[C@H]3c3ccc(Br)cc3)n2)nn1. The van der Waals surface area contributed by atoms with Crippen LogP contribution >= 0.6 is 15.9 Å². The molecule has 7 heteroatoms. The Morgan fingerprint density at radius 2 is 1.91 bits per heavy atom. The van der Waals surface area contributed by atoms with Crippen molar-refractivity contribution in [2.75, 3.05) is 7.11 Å². The maximum atomic E-state index is 5.41. The molecule has 1 fully saturated rings. The summed E-state index contributed by atoms with van der Waals surface area (Å²) in [6.07, 6.45) is 1.03. The fraction of sp³-hybridized carbons (Fsp3) is 0.250. The lowest BCUT2D eigenvalue weighted by Gasteiger charge is -1.98. The summed E-state index contributed by atoms with van der Waals surface area (Å²) < 4.78 is 11.5. The summed E-state index contributed by atoms with van der Waals surface area (Å²) in [4.78, 5) is 4.46. The van der Waals surface area contributed by atoms with E-state index in [2.05, 4.69) is 60.5 Å². The van der Waals surface area contributed by atoms with E-state index in [-0.39, 0.29) is 5.92 Å². The Hall–Kier alpha value is -2.28. The largest absolute Gasteiger partial charge is 0.480 e. The summed E-state index contributed by atoms with van der Waals surface area (Å²) in [5.74, 6) is 2.29. The number of hydrogen-bond acceptors (Lipinski definition) is 6. The fourth-order valence-electron chi connectivity index (χ4n) is 2.58. The van der Waals surface area contributed by atoms with Gasteiger partial charge in [0.2, 0.25) is 17.6 Å². The Morgan fingerprint density at radius 1 is 1.09 bits per heavy atom. The number of halogens is 1. The van der Waals surface area contributed by atoms with Gasteiger partial charge in [-0.3, -0.25) is 0 Å². The van der Waals surface area contributed by atoms with Crippen LogP contribution in [-0.2, 0) is 0 Å². The molecule has 1 aliphatic rings. The molecule has 2 aromatic heterocycles. The molecule has 0 radical (unpaired) electrons. The summed E-state index contributed by atoms with van der Waals surface area (Å²) in [6, 6.07) is 11.8. The van der Waals surface area contributed by atoms with Gasteiger partial charge in [0, 0.05) is 16.5 Å². The van der Waals surface area contributed by atoms with Crippen molar-refractivity contribution in [3.05, 3.63) is 52.3 Å². The van der Waals surface area contributed by atoms with Crippen LogP contribution in [0.2, 0.25) is 0 Å². The minimum Gasteiger partial charge on any atom is -0.480 e. The predicted molar refractivity (Wildman–Crippen MR) is 86.1 cm³/mol. The number of ether oxygens (including phenoxy) is 1. The molecule has 116 valence electrons. The molecule has 0 saturated heterocycles. The second-order valence-corrected chi connectivity index (χ2v) is 6.33. The zero-order valence-electron chi connectivity index (χ0n) is 12.3. The summed E-state index contributed by atoms with van der Waals surface area (Å²) in [7, 11) is 1.55. The molecule has 23 heavy (non-hydrogen) atoms. The minimum absolute atomic E-state index is 0.281. The first-order valence-corrected chi connectivity index (χ1v) is 8.01. The molecule has 2 heterocycles. The molecule has 0 amide bonds. The van der Waals surface area contributed by atoms with Gasteiger partial charge in [-0.2, -0.15) is 4.98 Å². The molecular formula is C16H13BrN4O2. The molecule has 1 aromatic carbocycles. The first kappa shape index (κ1) is 14.3. The normalized spacial score (nSPS) is 19.6. The van der Waals surface area contributed by atoms with E-state index in [9.17, 15) is 0 Å². The standard InChI is InChI=1S/C16H13BrN4O2/c1-22-14-7-6-13(19-20-14)15-18-16(23-21-15)12-8-11(12)9-2-4-10(17)5-3-9/h2-7,11-12H,8H2,1H3/t11-,12+/m0/s1. The number of nitrogens with zero attached hydrogens (tertiary/aromatic N) is 4. The lowest BCUT2D eigenvalue weighted by Crippen LogP contribution is -1.93. The van der Waals surface area contributed by atoms with E-state index in [4.69, 9.17) is 9.26 Å². The second-order valence-electron chi connectivity index (χ2n) is 5.42. The van der Waals surface area contributed by atoms with Gasteiger partial charge in [0.15, 0.2) is 0 Å². The smallest absolute Gasteiger partial charge is 0.233 e. The van der Waals surface area contributed by atoms with E-state index in [1.807, 2.05) is 0 Å². The van der Waals surface area contributed by atoms with Crippen LogP contribution in [0.3, 0.4) is 0 Å². The van der Waals surface area contributed by atoms with Crippen molar-refractivity contribution in [3.63, 3.8) is 0 Å². The molecule has 1 aliphatic carbocycles. The van der Waals surface area contributed by atoms with Gasteiger partial charge in [0.05, 0.1) is 7.11 Å². The number of aromatic nitrogens is 4. The maximum Gasteiger partial charge on any atom is 0.233 e. The molecule has 1 saturated carbocycles. The van der Waals surface area contributed by atoms with Crippen molar-refractivity contribution < 1.29 is 9.26 Å². The molecular weight excluding hydrogens is 360 g/mol. The topological polar surface area (TPSA) is 73.9 Å². The van der Waals surface area contributed by atoms with Crippen molar-refractivity contribution in [1.82, 2.24) is 20.3 Å². The molecule has 6 nitrogen and oxygen atoms in total. The van der Waals surface area contributed by atoms with Crippen molar-refractivity contribution in [2.24, 2.45) is 0 Å². The van der Waals surface area contributed by atoms with E-state index in [0.29, 0.717) is 29.2 Å². The monoisotopic (exact) mass is 372 g/mol. The minimum atomic E-state index is 0.281. The zero-order valence-corrected chi connectivity index (χ0v) is 13.9. The van der Waals surface area contributed by atoms with Crippen LogP contribution in [0.1, 0.15) is 29.7 Å². The Kier molecular flexibility index (Phi) is 3.57. The van der Waals surface area contributed by atoms with Crippen LogP contribution in [0.25, 0.3) is 11.5 Å². The van der Waals surface area contributed by atoms with Crippen LogP contribution in [0.4, 0.5) is 0 Å². The third kappa shape index (κ3) is 2.84. The van der Waals surface area contributed by atoms with Crippen molar-refractivity contribution in [2.45, 2.75) is 18.3 Å². The highest BCUT2D eigenvalue weighted by atomic mass is 79.9. The van der Waals surface area contributed by atoms with Crippen LogP contribution in [0.15, 0.2) is 45.4 Å². The van der Waals surface area contributed by atoms with Gasteiger partial charge < -0.3 is 9.26 Å². The van der Waals surface area contributed by atoms with Crippen LogP contribution in [0.5, 0.6) is 5.88 Å². The summed E-state index contributed by atoms with van der Waals surface area (Å²) in [5, 5.41) is 12.0. The van der Waals surface area contributed by atoms with Crippen molar-refractivity contribution in [1.29, 1.82) is 0 Å². The predicted octanol–water partition coefficient (Wildman–Crippen LogP) is 3.57. The van der Waals surface area contributed by atoms with E-state index in [0.717, 1.165) is 10.9 Å². The molecule has 0 unspecified atom stereocenters. The van der Waals surface area contributed by atoms with E-state index in [1.165, 1.54) is 5.56 Å². The van der Waals surface area contributed by atoms with Crippen molar-refractivity contribution >= 4 is 15.9 Å². The summed E-state index contributed by atoms with van der Waals surface area (Å²) >= 11 is 3.45. The average Bonchev–Trinajstić information content (AvgIpc) is 3.24. The van der Waals surface area contributed by atoms with Gasteiger partial charge in [-0.05, 0) is 36.1 Å². The van der Waals surface area contributed by atoms with Gasteiger partial charge in [-0.15, -0.1) is 10.2 Å². The Morgan fingerprint density at radius 3 is 2.61 bits per heavy atom. The van der Waals surface area contributed by atoms with E-state index >= 15 is 0 Å². The number of rotatable bonds is 4. The van der Waals surface area contributed by atoms with Gasteiger partial charge >= 0.3 is 0 Å². The van der Waals surface area contributed by atoms with Gasteiger partial charge in [-0.25, -0.2) is 0 Å². The van der Waals surface area contributed by atoms with E-state index < -0.39 is 0 Å². The number of benzene rings is 1. The molecule has 0 aliphatic heterocycles. The number of hydrogen-bond donors (Lipinski definition) is 0. The lowest BCUT2D eigenvalue weighted by molar-refractivity contribution is 0.378. The van der Waals surface area contributed by atoms with E-state index in [1.54, 1.807) is 19.2 Å². The molecule has 2 atom stereocenters. The lowest BCUT2D eigenvalue weighted by atomic mass is 10.1. The third-order valence-corrected chi connectivity index (χ3v) is 4.45. The van der Waals surface area contributed by atoms with Crippen LogP contribution in [0, 0.1) is 0 Å². The highest BCUT2D eigenvalue weighted by molar-refractivity contribution is 9.10. The first-order chi connectivity index (χ1) is 11.2. The highest BCUT2D eigenvalue weighted by Gasteiger charge is 2.43. The molecule has 4 rings (SSSR count). The molecule has 0 N–H and O–H groups in total. The Labute approximate surface area is 141 Å². The summed E-state index contributed by atoms with van der Waals surface area (Å²) in [6.45, 7) is 0. The van der Waals surface area contributed by atoms with Gasteiger partial charge in [-0.1, -0.05) is 33.2 Å². The summed E-state index contributed by atoms with van der Waals surface area (Å²) in [5.41, 5.74) is 1.86. The third-order valence-electron chi connectivity index (χ3n) is 3.93. The van der Waals surface area contributed by atoms with Gasteiger partial charge in [0.25, 0.3) is 0 Å². The zero-order chi connectivity index (χ0) is 15.8. The Bertz CT molecular complexity index is 817. The molecule has 0 spiro atoms. The Balaban J connectivity index is 1.51. The molecule has 0 bridgehead atoms. The first-order valence-electron chi connectivity index (χ1n) is 7.22. The molecule has 3 aromatic rings. The second kappa shape index (κ2) is 5.73.